The minimum atomic E-state index is 0.496. The first-order valence-corrected chi connectivity index (χ1v) is 10.8. The molecule has 9 heteroatoms. The van der Waals surface area contributed by atoms with Crippen LogP contribution in [0.1, 0.15) is 5.56 Å². The fraction of sp³-hybridized carbons (Fsp3) is 0.261. The van der Waals surface area contributed by atoms with E-state index in [1.54, 1.807) is 19.5 Å². The Balaban J connectivity index is 1.39. The molecule has 0 bridgehead atoms. The minimum absolute atomic E-state index is 0.496. The quantitative estimate of drug-likeness (QED) is 0.475. The molecule has 8 nitrogen and oxygen atoms in total. The Morgan fingerprint density at radius 3 is 2.72 bits per heavy atom. The highest BCUT2D eigenvalue weighted by atomic mass is 35.5. The lowest BCUT2D eigenvalue weighted by Gasteiger charge is -2.27. The van der Waals surface area contributed by atoms with Gasteiger partial charge in [0.25, 0.3) is 0 Å². The number of anilines is 2. The lowest BCUT2D eigenvalue weighted by atomic mass is 10.1. The van der Waals surface area contributed by atoms with E-state index >= 15 is 0 Å². The van der Waals surface area contributed by atoms with Crippen molar-refractivity contribution in [1.82, 2.24) is 24.5 Å². The number of morpholine rings is 1. The highest BCUT2D eigenvalue weighted by Gasteiger charge is 2.14. The number of rotatable bonds is 6. The summed E-state index contributed by atoms with van der Waals surface area (Å²) in [5, 5.41) is 8.75. The molecule has 3 aromatic heterocycles. The van der Waals surface area contributed by atoms with Crippen molar-refractivity contribution in [2.45, 2.75) is 6.54 Å². The Kier molecular flexibility index (Phi) is 5.89. The zero-order chi connectivity index (χ0) is 21.9. The van der Waals surface area contributed by atoms with Crippen LogP contribution < -0.4 is 10.1 Å². The summed E-state index contributed by atoms with van der Waals surface area (Å²) in [6, 6.07) is 13.7. The highest BCUT2D eigenvalue weighted by molar-refractivity contribution is 6.31. The Labute approximate surface area is 190 Å². The molecule has 1 N–H and O–H groups in total. The van der Waals surface area contributed by atoms with Crippen molar-refractivity contribution in [3.05, 3.63) is 65.4 Å². The number of benzene rings is 1. The van der Waals surface area contributed by atoms with Gasteiger partial charge in [0.15, 0.2) is 0 Å². The van der Waals surface area contributed by atoms with Crippen LogP contribution in [0.15, 0.2) is 54.9 Å². The van der Waals surface area contributed by atoms with Gasteiger partial charge in [-0.2, -0.15) is 0 Å². The van der Waals surface area contributed by atoms with Crippen LogP contribution >= 0.6 is 11.6 Å². The summed E-state index contributed by atoms with van der Waals surface area (Å²) >= 11 is 6.46. The Morgan fingerprint density at radius 1 is 1.06 bits per heavy atom. The largest absolute Gasteiger partial charge is 0.481 e. The van der Waals surface area contributed by atoms with Crippen LogP contribution in [0.4, 0.5) is 11.6 Å². The molecule has 0 unspecified atom stereocenters. The fourth-order valence-electron chi connectivity index (χ4n) is 3.73. The van der Waals surface area contributed by atoms with Crippen molar-refractivity contribution in [3.8, 4) is 17.1 Å². The maximum Gasteiger partial charge on any atom is 0.245 e. The summed E-state index contributed by atoms with van der Waals surface area (Å²) in [6.07, 6.45) is 3.56. The van der Waals surface area contributed by atoms with Crippen molar-refractivity contribution in [3.63, 3.8) is 0 Å². The lowest BCUT2D eigenvalue weighted by molar-refractivity contribution is 0.0342. The monoisotopic (exact) mass is 450 g/mol. The number of pyridine rings is 1. The van der Waals surface area contributed by atoms with E-state index in [1.165, 1.54) is 0 Å². The number of halogens is 1. The summed E-state index contributed by atoms with van der Waals surface area (Å²) in [7, 11) is 1.60. The van der Waals surface area contributed by atoms with E-state index in [0.717, 1.165) is 65.9 Å². The second kappa shape index (κ2) is 9.12. The van der Waals surface area contributed by atoms with Crippen molar-refractivity contribution in [1.29, 1.82) is 0 Å². The van der Waals surface area contributed by atoms with Gasteiger partial charge in [-0.1, -0.05) is 11.6 Å². The number of hydrogen-bond donors (Lipinski definition) is 1. The van der Waals surface area contributed by atoms with Gasteiger partial charge in [0.1, 0.15) is 0 Å². The molecule has 0 aliphatic carbocycles. The maximum absolute atomic E-state index is 6.46. The smallest absolute Gasteiger partial charge is 0.245 e. The van der Waals surface area contributed by atoms with Crippen LogP contribution in [0.25, 0.3) is 16.8 Å². The average molecular weight is 451 g/mol. The molecule has 4 heterocycles. The van der Waals surface area contributed by atoms with Gasteiger partial charge in [-0.3, -0.25) is 4.90 Å². The first-order valence-electron chi connectivity index (χ1n) is 10.4. The zero-order valence-corrected chi connectivity index (χ0v) is 18.4. The van der Waals surface area contributed by atoms with Crippen LogP contribution in [0.5, 0.6) is 5.88 Å². The number of methoxy groups -OCH3 is 1. The van der Waals surface area contributed by atoms with Gasteiger partial charge in [-0.15, -0.1) is 5.10 Å². The summed E-state index contributed by atoms with van der Waals surface area (Å²) in [5.41, 5.74) is 4.70. The van der Waals surface area contributed by atoms with Gasteiger partial charge >= 0.3 is 0 Å². The molecular weight excluding hydrogens is 428 g/mol. The van der Waals surface area contributed by atoms with E-state index in [4.69, 9.17) is 26.2 Å². The number of ether oxygens (including phenoxy) is 2. The SMILES string of the molecule is COc1ccc(-c2ccc3cnc(Nc4ccc(Cl)c(CN5CCOCC5)c4)nn23)cn1. The maximum atomic E-state index is 6.46. The van der Waals surface area contributed by atoms with Gasteiger partial charge in [-0.05, 0) is 42.0 Å². The van der Waals surface area contributed by atoms with E-state index in [0.29, 0.717) is 11.8 Å². The second-order valence-electron chi connectivity index (χ2n) is 7.55. The van der Waals surface area contributed by atoms with E-state index < -0.39 is 0 Å². The summed E-state index contributed by atoms with van der Waals surface area (Å²) < 4.78 is 12.4. The Morgan fingerprint density at radius 2 is 1.94 bits per heavy atom. The van der Waals surface area contributed by atoms with Crippen molar-refractivity contribution < 1.29 is 9.47 Å². The van der Waals surface area contributed by atoms with Crippen LogP contribution in [-0.4, -0.2) is 57.9 Å². The number of nitrogens with zero attached hydrogens (tertiary/aromatic N) is 5. The van der Waals surface area contributed by atoms with E-state index in [2.05, 4.69) is 26.3 Å². The highest BCUT2D eigenvalue weighted by Crippen LogP contribution is 2.26. The molecule has 0 atom stereocenters. The first-order chi connectivity index (χ1) is 15.7. The van der Waals surface area contributed by atoms with Crippen molar-refractivity contribution in [2.75, 3.05) is 38.7 Å². The van der Waals surface area contributed by atoms with Gasteiger partial charge in [0.2, 0.25) is 11.8 Å². The van der Waals surface area contributed by atoms with Crippen LogP contribution in [0.2, 0.25) is 5.02 Å². The molecule has 1 fully saturated rings. The third kappa shape index (κ3) is 4.38. The molecule has 1 saturated heterocycles. The van der Waals surface area contributed by atoms with Crippen LogP contribution in [-0.2, 0) is 11.3 Å². The third-order valence-corrected chi connectivity index (χ3v) is 5.81. The average Bonchev–Trinajstić information content (AvgIpc) is 3.25. The molecule has 1 aliphatic heterocycles. The molecule has 4 aromatic rings. The molecule has 0 saturated carbocycles. The summed E-state index contributed by atoms with van der Waals surface area (Å²) in [4.78, 5) is 11.1. The molecule has 164 valence electrons. The number of nitrogens with one attached hydrogen (secondary N) is 1. The lowest BCUT2D eigenvalue weighted by Crippen LogP contribution is -2.35. The first kappa shape index (κ1) is 20.7. The molecule has 0 spiro atoms. The molecule has 5 rings (SSSR count). The molecule has 1 aromatic carbocycles. The molecule has 0 radical (unpaired) electrons. The second-order valence-corrected chi connectivity index (χ2v) is 7.95. The van der Waals surface area contributed by atoms with Gasteiger partial charge in [0.05, 0.1) is 37.7 Å². The predicted octanol–water partition coefficient (Wildman–Crippen LogP) is 4.03. The zero-order valence-electron chi connectivity index (χ0n) is 17.7. The topological polar surface area (TPSA) is 76.8 Å². The normalized spacial score (nSPS) is 14.6. The van der Waals surface area contributed by atoms with Gasteiger partial charge < -0.3 is 14.8 Å². The van der Waals surface area contributed by atoms with Gasteiger partial charge in [-0.25, -0.2) is 14.5 Å². The third-order valence-electron chi connectivity index (χ3n) is 5.44. The molecule has 32 heavy (non-hydrogen) atoms. The molecular formula is C23H23ClN6O2. The number of aromatic nitrogens is 4. The van der Waals surface area contributed by atoms with Crippen LogP contribution in [0, 0.1) is 0 Å². The summed E-state index contributed by atoms with van der Waals surface area (Å²) in [5.74, 6) is 1.07. The van der Waals surface area contributed by atoms with Crippen LogP contribution in [0.3, 0.4) is 0 Å². The van der Waals surface area contributed by atoms with E-state index in [-0.39, 0.29) is 0 Å². The molecule has 0 amide bonds. The fourth-order valence-corrected chi connectivity index (χ4v) is 3.91. The standard InChI is InChI=1S/C23H23ClN6O2/c1-31-22-7-2-16(13-25-22)21-6-4-19-14-26-23(28-30(19)21)27-18-3-5-20(24)17(12-18)15-29-8-10-32-11-9-29/h2-7,12-14H,8-11,15H2,1H3,(H,27,28). The summed E-state index contributed by atoms with van der Waals surface area (Å²) in [6.45, 7) is 4.11. The van der Waals surface area contributed by atoms with Crippen molar-refractivity contribution >= 4 is 28.8 Å². The van der Waals surface area contributed by atoms with Gasteiger partial charge in [0, 0.05) is 48.2 Å². The Hall–Kier alpha value is -3.20. The van der Waals surface area contributed by atoms with E-state index in [9.17, 15) is 0 Å². The predicted molar refractivity (Wildman–Crippen MR) is 124 cm³/mol. The van der Waals surface area contributed by atoms with E-state index in [1.807, 2.05) is 40.9 Å². The molecule has 1 aliphatic rings. The van der Waals surface area contributed by atoms with Crippen molar-refractivity contribution in [2.24, 2.45) is 0 Å². The Bertz CT molecular complexity index is 1220. The number of hydrogen-bond acceptors (Lipinski definition) is 7. The minimum Gasteiger partial charge on any atom is -0.481 e. The number of fused-ring (bicyclic) bond motifs is 1.